The van der Waals surface area contributed by atoms with E-state index in [2.05, 4.69) is 15.0 Å². The topological polar surface area (TPSA) is 91.3 Å². The van der Waals surface area contributed by atoms with Crippen LogP contribution in [0.25, 0.3) is 11.4 Å². The first-order valence-electron chi connectivity index (χ1n) is 8.39. The van der Waals surface area contributed by atoms with Crippen LogP contribution in [0.1, 0.15) is 11.6 Å². The summed E-state index contributed by atoms with van der Waals surface area (Å²) in [5.74, 6) is 0.0793. The van der Waals surface area contributed by atoms with Crippen molar-refractivity contribution in [2.24, 2.45) is 0 Å². The quantitative estimate of drug-likeness (QED) is 0.272. The van der Waals surface area contributed by atoms with Crippen molar-refractivity contribution in [3.05, 3.63) is 60.2 Å². The summed E-state index contributed by atoms with van der Waals surface area (Å²) in [4.78, 5) is 12.0. The third-order valence-electron chi connectivity index (χ3n) is 3.81. The number of benzene rings is 2. The summed E-state index contributed by atoms with van der Waals surface area (Å²) in [7, 11) is -2.60. The van der Waals surface area contributed by atoms with Crippen molar-refractivity contribution < 1.29 is 17.3 Å². The van der Waals surface area contributed by atoms with Crippen LogP contribution in [0.3, 0.4) is 0 Å². The van der Waals surface area contributed by atoms with Gasteiger partial charge in [0.05, 0.1) is 7.11 Å². The molecule has 0 N–H and O–H groups in total. The molecule has 32 heavy (non-hydrogen) atoms. The maximum absolute atomic E-state index is 12.5. The SMILES string of the molecule is COc1ccc(S(=O)(=O)Oc2ccc(-c3nc(C(Cl)(Cl)Cl)nc(C(Cl)(Cl)Cl)n3)cc2)cc1. The van der Waals surface area contributed by atoms with Crippen LogP contribution in [0.5, 0.6) is 11.5 Å². The molecule has 0 aliphatic carbocycles. The van der Waals surface area contributed by atoms with E-state index >= 15 is 0 Å². The van der Waals surface area contributed by atoms with Crippen LogP contribution >= 0.6 is 69.6 Å². The number of ether oxygens (including phenoxy) is 1. The molecular formula is C18H11Cl6N3O4S. The molecule has 0 saturated heterocycles. The first-order valence-corrected chi connectivity index (χ1v) is 12.1. The lowest BCUT2D eigenvalue weighted by atomic mass is 10.2. The van der Waals surface area contributed by atoms with Crippen molar-refractivity contribution in [3.63, 3.8) is 0 Å². The van der Waals surface area contributed by atoms with E-state index in [0.717, 1.165) is 0 Å². The normalized spacial score (nSPS) is 12.5. The highest BCUT2D eigenvalue weighted by Gasteiger charge is 2.34. The van der Waals surface area contributed by atoms with Gasteiger partial charge in [-0.2, -0.15) is 8.42 Å². The van der Waals surface area contributed by atoms with Gasteiger partial charge in [-0.05, 0) is 48.5 Å². The van der Waals surface area contributed by atoms with Gasteiger partial charge in [-0.15, -0.1) is 0 Å². The van der Waals surface area contributed by atoms with Crippen molar-refractivity contribution >= 4 is 79.7 Å². The zero-order valence-corrected chi connectivity index (χ0v) is 21.1. The van der Waals surface area contributed by atoms with E-state index in [4.69, 9.17) is 78.5 Å². The predicted molar refractivity (Wildman–Crippen MR) is 125 cm³/mol. The summed E-state index contributed by atoms with van der Waals surface area (Å²) < 4.78 is 31.1. The highest BCUT2D eigenvalue weighted by molar-refractivity contribution is 7.87. The van der Waals surface area contributed by atoms with Crippen molar-refractivity contribution in [3.8, 4) is 22.9 Å². The second-order valence-electron chi connectivity index (χ2n) is 6.04. The fourth-order valence-electron chi connectivity index (χ4n) is 2.34. The highest BCUT2D eigenvalue weighted by atomic mass is 35.6. The van der Waals surface area contributed by atoms with E-state index in [-0.39, 0.29) is 28.1 Å². The Labute approximate surface area is 213 Å². The van der Waals surface area contributed by atoms with Crippen molar-refractivity contribution in [2.45, 2.75) is 12.5 Å². The van der Waals surface area contributed by atoms with Gasteiger partial charge in [0, 0.05) is 5.56 Å². The van der Waals surface area contributed by atoms with E-state index in [1.54, 1.807) is 0 Å². The van der Waals surface area contributed by atoms with Gasteiger partial charge in [0.15, 0.2) is 17.5 Å². The average molecular weight is 578 g/mol. The molecule has 3 rings (SSSR count). The van der Waals surface area contributed by atoms with Crippen LogP contribution < -0.4 is 8.92 Å². The van der Waals surface area contributed by atoms with Crippen LogP contribution in [-0.4, -0.2) is 30.5 Å². The molecule has 0 bridgehead atoms. The summed E-state index contributed by atoms with van der Waals surface area (Å²) in [6.45, 7) is 0. The minimum absolute atomic E-state index is 0.0345. The minimum atomic E-state index is -4.07. The summed E-state index contributed by atoms with van der Waals surface area (Å²) in [5, 5.41) is 0. The molecule has 0 fully saturated rings. The molecule has 1 heterocycles. The van der Waals surface area contributed by atoms with Crippen LogP contribution in [0.2, 0.25) is 0 Å². The highest BCUT2D eigenvalue weighted by Crippen LogP contribution is 2.40. The Balaban J connectivity index is 1.91. The standard InChI is InChI=1S/C18H11Cl6N3O4S/c1-30-11-6-8-13(9-7-11)32(28,29)31-12-4-2-10(3-5-12)14-25-15(17(19,20)21)27-16(26-14)18(22,23)24/h2-9H,1H3. The van der Waals surface area contributed by atoms with Gasteiger partial charge in [0.1, 0.15) is 16.4 Å². The Morgan fingerprint density at radius 2 is 1.19 bits per heavy atom. The van der Waals surface area contributed by atoms with Crippen LogP contribution in [0.4, 0.5) is 0 Å². The lowest BCUT2D eigenvalue weighted by molar-refractivity contribution is 0.414. The summed E-state index contributed by atoms with van der Waals surface area (Å²) >= 11 is 35.2. The monoisotopic (exact) mass is 575 g/mol. The Bertz CT molecular complexity index is 1180. The lowest BCUT2D eigenvalue weighted by Crippen LogP contribution is -2.16. The smallest absolute Gasteiger partial charge is 0.339 e. The molecule has 1 aromatic heterocycles. The Hall–Kier alpha value is -1.26. The molecule has 0 spiro atoms. The molecular weight excluding hydrogens is 567 g/mol. The van der Waals surface area contributed by atoms with Gasteiger partial charge in [0.2, 0.25) is 7.59 Å². The molecule has 0 unspecified atom stereocenters. The molecule has 0 atom stereocenters. The Morgan fingerprint density at radius 1 is 0.719 bits per heavy atom. The number of nitrogens with zero attached hydrogens (tertiary/aromatic N) is 3. The molecule has 0 radical (unpaired) electrons. The average Bonchev–Trinajstić information content (AvgIpc) is 2.72. The van der Waals surface area contributed by atoms with Gasteiger partial charge >= 0.3 is 10.1 Å². The van der Waals surface area contributed by atoms with Crippen LogP contribution in [0, 0.1) is 0 Å². The molecule has 170 valence electrons. The van der Waals surface area contributed by atoms with E-state index in [9.17, 15) is 8.42 Å². The Morgan fingerprint density at radius 3 is 1.62 bits per heavy atom. The van der Waals surface area contributed by atoms with Crippen molar-refractivity contribution in [1.82, 2.24) is 15.0 Å². The fraction of sp³-hybridized carbons (Fsp3) is 0.167. The zero-order chi connectivity index (χ0) is 23.7. The second kappa shape index (κ2) is 9.54. The van der Waals surface area contributed by atoms with Gasteiger partial charge in [-0.3, -0.25) is 0 Å². The third-order valence-corrected chi connectivity index (χ3v) is 6.08. The van der Waals surface area contributed by atoms with Crippen molar-refractivity contribution in [2.75, 3.05) is 7.11 Å². The molecule has 0 amide bonds. The summed E-state index contributed by atoms with van der Waals surface area (Å²) in [5.41, 5.74) is 0.396. The zero-order valence-electron chi connectivity index (χ0n) is 15.8. The molecule has 0 saturated carbocycles. The number of aromatic nitrogens is 3. The molecule has 7 nitrogen and oxygen atoms in total. The lowest BCUT2D eigenvalue weighted by Gasteiger charge is -2.15. The minimum Gasteiger partial charge on any atom is -0.497 e. The van der Waals surface area contributed by atoms with Gasteiger partial charge in [-0.25, -0.2) is 15.0 Å². The molecule has 0 aliphatic rings. The summed E-state index contributed by atoms with van der Waals surface area (Å²) in [6, 6.07) is 11.5. The molecule has 2 aromatic carbocycles. The first kappa shape index (κ1) is 25.4. The molecule has 0 aliphatic heterocycles. The number of alkyl halides is 6. The van der Waals surface area contributed by atoms with Crippen LogP contribution in [-0.2, 0) is 17.7 Å². The van der Waals surface area contributed by atoms with Crippen LogP contribution in [0.15, 0.2) is 53.4 Å². The fourth-order valence-corrected chi connectivity index (χ4v) is 3.77. The number of hydrogen-bond donors (Lipinski definition) is 0. The first-order chi connectivity index (χ1) is 14.8. The number of rotatable bonds is 5. The van der Waals surface area contributed by atoms with E-state index in [1.807, 2.05) is 0 Å². The second-order valence-corrected chi connectivity index (χ2v) is 12.1. The van der Waals surface area contributed by atoms with E-state index in [0.29, 0.717) is 11.3 Å². The predicted octanol–water partition coefficient (Wildman–Crippen LogP) is 5.97. The number of hydrogen-bond acceptors (Lipinski definition) is 7. The third kappa shape index (κ3) is 6.20. The van der Waals surface area contributed by atoms with Gasteiger partial charge < -0.3 is 8.92 Å². The van der Waals surface area contributed by atoms with Gasteiger partial charge in [0.25, 0.3) is 0 Å². The maximum Gasteiger partial charge on any atom is 0.339 e. The number of methoxy groups -OCH3 is 1. The molecule has 3 aromatic rings. The summed E-state index contributed by atoms with van der Waals surface area (Å²) in [6.07, 6.45) is 0. The maximum atomic E-state index is 12.5. The van der Waals surface area contributed by atoms with E-state index < -0.39 is 17.7 Å². The van der Waals surface area contributed by atoms with E-state index in [1.165, 1.54) is 55.6 Å². The Kier molecular flexibility index (Phi) is 7.56. The largest absolute Gasteiger partial charge is 0.497 e. The number of halogens is 6. The molecule has 14 heteroatoms. The van der Waals surface area contributed by atoms with Crippen molar-refractivity contribution in [1.29, 1.82) is 0 Å². The van der Waals surface area contributed by atoms with Gasteiger partial charge in [-0.1, -0.05) is 69.6 Å².